The third kappa shape index (κ3) is 5.39. The number of benzene rings is 2. The van der Waals surface area contributed by atoms with Crippen molar-refractivity contribution in [1.82, 2.24) is 9.55 Å². The molecule has 2 N–H and O–H groups in total. The molecule has 0 atom stereocenters. The summed E-state index contributed by atoms with van der Waals surface area (Å²) in [4.78, 5) is 40.6. The maximum atomic E-state index is 13.4. The zero-order valence-corrected chi connectivity index (χ0v) is 16.1. The monoisotopic (exact) mass is 414 g/mol. The standard InChI is InChI=1S/C20H19FN4O5/c1-29-7-8-30-20(28)24-15-4-2-3-14(10-15)23-18(26)11-25-12-22-17-6-5-13(21)9-16(17)19(25)27/h2-6,9-10,12H,7-8,11H2,1H3,(H,23,26)(H,24,28). The first-order chi connectivity index (χ1) is 14.5. The SMILES string of the molecule is COCCOC(=O)Nc1cccc(NC(=O)Cn2cnc3ccc(F)cc3c2=O)c1. The van der Waals surface area contributed by atoms with E-state index in [-0.39, 0.29) is 25.1 Å². The maximum Gasteiger partial charge on any atom is 0.411 e. The van der Waals surface area contributed by atoms with Gasteiger partial charge in [-0.1, -0.05) is 6.07 Å². The molecule has 0 saturated carbocycles. The summed E-state index contributed by atoms with van der Waals surface area (Å²) in [6.07, 6.45) is 0.576. The van der Waals surface area contributed by atoms with Crippen molar-refractivity contribution in [2.45, 2.75) is 6.54 Å². The average molecular weight is 414 g/mol. The van der Waals surface area contributed by atoms with Crippen molar-refractivity contribution >= 4 is 34.3 Å². The zero-order chi connectivity index (χ0) is 21.5. The number of carbonyl (C=O) groups is 2. The Morgan fingerprint density at radius 3 is 2.63 bits per heavy atom. The Balaban J connectivity index is 1.65. The van der Waals surface area contributed by atoms with Gasteiger partial charge in [-0.05, 0) is 36.4 Å². The number of hydrogen-bond donors (Lipinski definition) is 2. The fraction of sp³-hybridized carbons (Fsp3) is 0.200. The van der Waals surface area contributed by atoms with Crippen LogP contribution in [-0.2, 0) is 20.8 Å². The van der Waals surface area contributed by atoms with Gasteiger partial charge in [0.1, 0.15) is 19.0 Å². The summed E-state index contributed by atoms with van der Waals surface area (Å²) in [5.41, 5.74) is 0.635. The molecular formula is C20H19FN4O5. The number of methoxy groups -OCH3 is 1. The van der Waals surface area contributed by atoms with Crippen LogP contribution in [0.25, 0.3) is 10.9 Å². The Morgan fingerprint density at radius 1 is 1.10 bits per heavy atom. The number of fused-ring (bicyclic) bond motifs is 1. The molecule has 0 radical (unpaired) electrons. The van der Waals surface area contributed by atoms with Crippen LogP contribution in [0.15, 0.2) is 53.6 Å². The van der Waals surface area contributed by atoms with Gasteiger partial charge in [0.05, 0.1) is 23.8 Å². The normalized spacial score (nSPS) is 10.6. The summed E-state index contributed by atoms with van der Waals surface area (Å²) in [6, 6.07) is 10.1. The number of nitrogens with zero attached hydrogens (tertiary/aromatic N) is 2. The smallest absolute Gasteiger partial charge is 0.411 e. The Labute approximate surface area is 170 Å². The summed E-state index contributed by atoms with van der Waals surface area (Å²) in [7, 11) is 1.49. The van der Waals surface area contributed by atoms with Crippen molar-refractivity contribution < 1.29 is 23.5 Å². The lowest BCUT2D eigenvalue weighted by Gasteiger charge is -2.10. The Kier molecular flexibility index (Phi) is 6.71. The van der Waals surface area contributed by atoms with Crippen LogP contribution in [0.1, 0.15) is 0 Å². The van der Waals surface area contributed by atoms with Crippen molar-refractivity contribution in [2.24, 2.45) is 0 Å². The Bertz CT molecular complexity index is 1130. The molecule has 9 nitrogen and oxygen atoms in total. The molecule has 0 fully saturated rings. The molecule has 10 heteroatoms. The number of ether oxygens (including phenoxy) is 2. The van der Waals surface area contributed by atoms with Gasteiger partial charge >= 0.3 is 6.09 Å². The summed E-state index contributed by atoms with van der Waals surface area (Å²) in [5.74, 6) is -1.05. The predicted molar refractivity (Wildman–Crippen MR) is 108 cm³/mol. The number of anilines is 2. The second kappa shape index (κ2) is 9.61. The van der Waals surface area contributed by atoms with Gasteiger partial charge in [0.25, 0.3) is 5.56 Å². The van der Waals surface area contributed by atoms with Gasteiger partial charge in [0.15, 0.2) is 0 Å². The van der Waals surface area contributed by atoms with E-state index in [2.05, 4.69) is 15.6 Å². The third-order valence-corrected chi connectivity index (χ3v) is 4.01. The summed E-state index contributed by atoms with van der Waals surface area (Å²) < 4.78 is 24.2. The van der Waals surface area contributed by atoms with Crippen molar-refractivity contribution in [3.05, 3.63) is 65.0 Å². The van der Waals surface area contributed by atoms with Crippen LogP contribution in [0.4, 0.5) is 20.6 Å². The molecule has 0 unspecified atom stereocenters. The van der Waals surface area contributed by atoms with Gasteiger partial charge in [0.2, 0.25) is 5.91 Å². The van der Waals surface area contributed by atoms with Crippen LogP contribution in [0.2, 0.25) is 0 Å². The number of rotatable bonds is 7. The maximum absolute atomic E-state index is 13.4. The molecular weight excluding hydrogens is 395 g/mol. The molecule has 0 spiro atoms. The molecule has 0 aliphatic rings. The second-order valence-corrected chi connectivity index (χ2v) is 6.22. The molecule has 0 aliphatic carbocycles. The molecule has 3 rings (SSSR count). The van der Waals surface area contributed by atoms with Gasteiger partial charge in [-0.15, -0.1) is 0 Å². The quantitative estimate of drug-likeness (QED) is 0.574. The highest BCUT2D eigenvalue weighted by atomic mass is 19.1. The predicted octanol–water partition coefficient (Wildman–Crippen LogP) is 2.37. The number of hydrogen-bond acceptors (Lipinski definition) is 6. The van der Waals surface area contributed by atoms with Crippen molar-refractivity contribution in [1.29, 1.82) is 0 Å². The summed E-state index contributed by atoms with van der Waals surface area (Å²) in [5, 5.41) is 5.25. The number of amides is 2. The third-order valence-electron chi connectivity index (χ3n) is 4.01. The lowest BCUT2D eigenvalue weighted by Crippen LogP contribution is -2.28. The van der Waals surface area contributed by atoms with E-state index in [1.807, 2.05) is 0 Å². The van der Waals surface area contributed by atoms with Crippen LogP contribution in [0, 0.1) is 5.82 Å². The topological polar surface area (TPSA) is 112 Å². The molecule has 1 aromatic heterocycles. The van der Waals surface area contributed by atoms with Gasteiger partial charge in [-0.2, -0.15) is 0 Å². The zero-order valence-electron chi connectivity index (χ0n) is 16.1. The van der Waals surface area contributed by atoms with Crippen LogP contribution >= 0.6 is 0 Å². The molecule has 0 aliphatic heterocycles. The fourth-order valence-corrected chi connectivity index (χ4v) is 2.65. The van der Waals surface area contributed by atoms with Crippen LogP contribution in [-0.4, -0.2) is 41.9 Å². The van der Waals surface area contributed by atoms with Gasteiger partial charge in [-0.25, -0.2) is 14.2 Å². The largest absolute Gasteiger partial charge is 0.447 e. The van der Waals surface area contributed by atoms with Gasteiger partial charge < -0.3 is 14.8 Å². The van der Waals surface area contributed by atoms with Crippen LogP contribution in [0.3, 0.4) is 0 Å². The molecule has 156 valence electrons. The fourth-order valence-electron chi connectivity index (χ4n) is 2.65. The second-order valence-electron chi connectivity index (χ2n) is 6.22. The minimum absolute atomic E-state index is 0.0866. The minimum atomic E-state index is -0.656. The van der Waals surface area contributed by atoms with Crippen molar-refractivity contribution in [2.75, 3.05) is 31.0 Å². The molecule has 0 bridgehead atoms. The molecule has 3 aromatic rings. The van der Waals surface area contributed by atoms with E-state index in [0.717, 1.165) is 10.6 Å². The van der Waals surface area contributed by atoms with E-state index in [0.29, 0.717) is 16.9 Å². The Morgan fingerprint density at radius 2 is 1.87 bits per heavy atom. The highest BCUT2D eigenvalue weighted by molar-refractivity contribution is 5.92. The van der Waals surface area contributed by atoms with Gasteiger partial charge in [-0.3, -0.25) is 19.5 Å². The van der Waals surface area contributed by atoms with E-state index in [1.54, 1.807) is 18.2 Å². The first-order valence-corrected chi connectivity index (χ1v) is 8.93. The Hall–Kier alpha value is -3.79. The van der Waals surface area contributed by atoms with Crippen LogP contribution in [0.5, 0.6) is 0 Å². The van der Waals surface area contributed by atoms with Crippen molar-refractivity contribution in [3.8, 4) is 0 Å². The highest BCUT2D eigenvalue weighted by Crippen LogP contribution is 2.15. The molecule has 2 aromatic carbocycles. The summed E-state index contributed by atoms with van der Waals surface area (Å²) >= 11 is 0. The first kappa shape index (κ1) is 20.9. The number of carbonyl (C=O) groups excluding carboxylic acids is 2. The molecule has 0 saturated heterocycles. The van der Waals surface area contributed by atoms with Crippen LogP contribution < -0.4 is 16.2 Å². The minimum Gasteiger partial charge on any atom is -0.447 e. The van der Waals surface area contributed by atoms with E-state index >= 15 is 0 Å². The number of aromatic nitrogens is 2. The van der Waals surface area contributed by atoms with E-state index in [1.165, 1.54) is 31.6 Å². The highest BCUT2D eigenvalue weighted by Gasteiger charge is 2.10. The van der Waals surface area contributed by atoms with E-state index in [9.17, 15) is 18.8 Å². The molecule has 1 heterocycles. The molecule has 30 heavy (non-hydrogen) atoms. The number of nitrogens with one attached hydrogen (secondary N) is 2. The summed E-state index contributed by atoms with van der Waals surface area (Å²) in [6.45, 7) is 0.0748. The molecule has 2 amide bonds. The first-order valence-electron chi connectivity index (χ1n) is 8.93. The van der Waals surface area contributed by atoms with Crippen molar-refractivity contribution in [3.63, 3.8) is 0 Å². The average Bonchev–Trinajstić information content (AvgIpc) is 2.71. The lowest BCUT2D eigenvalue weighted by atomic mass is 10.2. The number of halogens is 1. The van der Waals surface area contributed by atoms with Gasteiger partial charge in [0, 0.05) is 18.5 Å². The van der Waals surface area contributed by atoms with E-state index < -0.39 is 23.4 Å². The van der Waals surface area contributed by atoms with E-state index in [4.69, 9.17) is 9.47 Å². The lowest BCUT2D eigenvalue weighted by molar-refractivity contribution is -0.116.